The minimum absolute atomic E-state index is 0.0174. The van der Waals surface area contributed by atoms with Gasteiger partial charge in [0, 0.05) is 21.2 Å². The lowest BCUT2D eigenvalue weighted by Crippen LogP contribution is -2.14. The highest BCUT2D eigenvalue weighted by Crippen LogP contribution is 2.33. The van der Waals surface area contributed by atoms with Crippen LogP contribution in [0.5, 0.6) is 0 Å². The zero-order valence-electron chi connectivity index (χ0n) is 13.4. The number of carbonyl (C=O) groups is 2. The molecule has 130 valence electrons. The molecular formula is C20H13Cl2NO3. The average molecular weight is 386 g/mol. The second-order valence-corrected chi connectivity index (χ2v) is 6.35. The highest BCUT2D eigenvalue weighted by molar-refractivity contribution is 6.35. The van der Waals surface area contributed by atoms with Gasteiger partial charge < -0.3 is 10.4 Å². The van der Waals surface area contributed by atoms with E-state index >= 15 is 0 Å². The quantitative estimate of drug-likeness (QED) is 0.613. The normalized spacial score (nSPS) is 10.4. The average Bonchev–Trinajstić information content (AvgIpc) is 2.64. The third kappa shape index (κ3) is 3.87. The second kappa shape index (κ2) is 7.60. The predicted molar refractivity (Wildman–Crippen MR) is 103 cm³/mol. The van der Waals surface area contributed by atoms with Gasteiger partial charge in [-0.25, -0.2) is 4.79 Å². The predicted octanol–water partition coefficient (Wildman–Crippen LogP) is 5.61. The summed E-state index contributed by atoms with van der Waals surface area (Å²) < 4.78 is 0. The molecule has 3 aromatic rings. The van der Waals surface area contributed by atoms with Crippen LogP contribution in [0.25, 0.3) is 11.1 Å². The molecule has 0 aromatic heterocycles. The Kier molecular flexibility index (Phi) is 5.26. The first-order chi connectivity index (χ1) is 12.5. The Hall–Kier alpha value is -2.82. The Morgan fingerprint density at radius 2 is 1.62 bits per heavy atom. The van der Waals surface area contributed by atoms with E-state index in [1.165, 1.54) is 6.07 Å². The third-order valence-corrected chi connectivity index (χ3v) is 4.34. The molecule has 0 radical (unpaired) electrons. The van der Waals surface area contributed by atoms with Crippen molar-refractivity contribution < 1.29 is 14.7 Å². The van der Waals surface area contributed by atoms with Crippen molar-refractivity contribution in [2.45, 2.75) is 0 Å². The maximum absolute atomic E-state index is 12.4. The molecule has 1 amide bonds. The van der Waals surface area contributed by atoms with Crippen molar-refractivity contribution in [3.8, 4) is 11.1 Å². The molecular weight excluding hydrogens is 373 g/mol. The Balaban J connectivity index is 2.03. The molecule has 0 unspecified atom stereocenters. The Bertz CT molecular complexity index is 988. The van der Waals surface area contributed by atoms with Crippen LogP contribution in [0.2, 0.25) is 10.0 Å². The molecule has 0 spiro atoms. The molecule has 26 heavy (non-hydrogen) atoms. The molecule has 0 bridgehead atoms. The lowest BCUT2D eigenvalue weighted by Gasteiger charge is -2.12. The summed E-state index contributed by atoms with van der Waals surface area (Å²) in [6.45, 7) is 0. The summed E-state index contributed by atoms with van der Waals surface area (Å²) in [6, 6.07) is 18.2. The first kappa shape index (κ1) is 18.0. The Labute approximate surface area is 160 Å². The maximum Gasteiger partial charge on any atom is 0.337 e. The van der Waals surface area contributed by atoms with E-state index in [1.807, 2.05) is 0 Å². The van der Waals surface area contributed by atoms with E-state index in [0.29, 0.717) is 26.7 Å². The number of carboxylic acids is 1. The second-order valence-electron chi connectivity index (χ2n) is 5.51. The summed E-state index contributed by atoms with van der Waals surface area (Å²) in [5.41, 5.74) is 1.88. The molecule has 3 aromatic carbocycles. The minimum Gasteiger partial charge on any atom is -0.478 e. The summed E-state index contributed by atoms with van der Waals surface area (Å²) in [4.78, 5) is 23.9. The van der Waals surface area contributed by atoms with Crippen molar-refractivity contribution in [3.63, 3.8) is 0 Å². The van der Waals surface area contributed by atoms with Crippen LogP contribution in [0, 0.1) is 0 Å². The molecule has 4 nitrogen and oxygen atoms in total. The van der Waals surface area contributed by atoms with Gasteiger partial charge in [0.2, 0.25) is 0 Å². The van der Waals surface area contributed by atoms with Crippen LogP contribution in [0.15, 0.2) is 66.7 Å². The van der Waals surface area contributed by atoms with Crippen molar-refractivity contribution in [2.24, 2.45) is 0 Å². The number of hydrogen-bond donors (Lipinski definition) is 2. The zero-order chi connectivity index (χ0) is 18.7. The lowest BCUT2D eigenvalue weighted by atomic mass is 10.0. The number of aromatic carboxylic acids is 1. The largest absolute Gasteiger partial charge is 0.478 e. The molecule has 0 saturated heterocycles. The molecule has 0 aliphatic heterocycles. The standard InChI is InChI=1S/C20H13Cl2NO3/c21-14-7-9-17(22)16(11-14)13-6-8-15(20(25)26)18(10-13)23-19(24)12-4-2-1-3-5-12/h1-11H,(H,23,24)(H,25,26). The van der Waals surface area contributed by atoms with E-state index in [2.05, 4.69) is 5.32 Å². The van der Waals surface area contributed by atoms with Crippen LogP contribution < -0.4 is 5.32 Å². The molecule has 0 aliphatic carbocycles. The van der Waals surface area contributed by atoms with Crippen molar-refractivity contribution in [3.05, 3.63) is 87.9 Å². The van der Waals surface area contributed by atoms with Crippen LogP contribution >= 0.6 is 23.2 Å². The highest BCUT2D eigenvalue weighted by Gasteiger charge is 2.16. The summed E-state index contributed by atoms with van der Waals surface area (Å²) >= 11 is 12.3. The van der Waals surface area contributed by atoms with Gasteiger partial charge in [-0.1, -0.05) is 47.5 Å². The van der Waals surface area contributed by atoms with Crippen LogP contribution in [0.1, 0.15) is 20.7 Å². The van der Waals surface area contributed by atoms with Crippen molar-refractivity contribution in [2.75, 3.05) is 5.32 Å². The molecule has 6 heteroatoms. The number of rotatable bonds is 4. The fraction of sp³-hybridized carbons (Fsp3) is 0. The van der Waals surface area contributed by atoms with E-state index in [1.54, 1.807) is 60.7 Å². The topological polar surface area (TPSA) is 66.4 Å². The molecule has 2 N–H and O–H groups in total. The monoisotopic (exact) mass is 385 g/mol. The molecule has 3 rings (SSSR count). The van der Waals surface area contributed by atoms with Gasteiger partial charge in [-0.15, -0.1) is 0 Å². The Morgan fingerprint density at radius 1 is 0.885 bits per heavy atom. The number of nitrogens with one attached hydrogen (secondary N) is 1. The van der Waals surface area contributed by atoms with Gasteiger partial charge in [0.25, 0.3) is 5.91 Å². The van der Waals surface area contributed by atoms with E-state index in [-0.39, 0.29) is 11.3 Å². The van der Waals surface area contributed by atoms with E-state index < -0.39 is 11.9 Å². The minimum atomic E-state index is -1.14. The van der Waals surface area contributed by atoms with Gasteiger partial charge in [0.1, 0.15) is 0 Å². The summed E-state index contributed by atoms with van der Waals surface area (Å²) in [5.74, 6) is -1.54. The molecule has 0 saturated carbocycles. The molecule has 0 aliphatic rings. The van der Waals surface area contributed by atoms with Crippen LogP contribution in [0.4, 0.5) is 5.69 Å². The Morgan fingerprint density at radius 3 is 2.31 bits per heavy atom. The van der Waals surface area contributed by atoms with Crippen LogP contribution in [0.3, 0.4) is 0 Å². The van der Waals surface area contributed by atoms with E-state index in [4.69, 9.17) is 23.2 Å². The molecule has 0 atom stereocenters. The lowest BCUT2D eigenvalue weighted by molar-refractivity contribution is 0.0698. The van der Waals surface area contributed by atoms with Crippen LogP contribution in [-0.2, 0) is 0 Å². The first-order valence-corrected chi connectivity index (χ1v) is 8.40. The van der Waals surface area contributed by atoms with Gasteiger partial charge in [-0.05, 0) is 48.0 Å². The van der Waals surface area contributed by atoms with Crippen molar-refractivity contribution >= 4 is 40.8 Å². The first-order valence-electron chi connectivity index (χ1n) is 7.65. The number of benzene rings is 3. The zero-order valence-corrected chi connectivity index (χ0v) is 14.9. The van der Waals surface area contributed by atoms with Gasteiger partial charge in [0.05, 0.1) is 11.3 Å². The maximum atomic E-state index is 12.4. The molecule has 0 heterocycles. The SMILES string of the molecule is O=C(Nc1cc(-c2cc(Cl)ccc2Cl)ccc1C(=O)O)c1ccccc1. The third-order valence-electron chi connectivity index (χ3n) is 3.77. The van der Waals surface area contributed by atoms with Crippen molar-refractivity contribution in [1.29, 1.82) is 0 Å². The van der Waals surface area contributed by atoms with Gasteiger partial charge in [0.15, 0.2) is 0 Å². The fourth-order valence-electron chi connectivity index (χ4n) is 2.50. The van der Waals surface area contributed by atoms with Gasteiger partial charge in [-0.2, -0.15) is 0 Å². The smallest absolute Gasteiger partial charge is 0.337 e. The number of amides is 1. The molecule has 0 fully saturated rings. The van der Waals surface area contributed by atoms with Gasteiger partial charge >= 0.3 is 5.97 Å². The van der Waals surface area contributed by atoms with E-state index in [9.17, 15) is 14.7 Å². The number of anilines is 1. The summed E-state index contributed by atoms with van der Waals surface area (Å²) in [6.07, 6.45) is 0. The fourth-order valence-corrected chi connectivity index (χ4v) is 2.90. The summed E-state index contributed by atoms with van der Waals surface area (Å²) in [7, 11) is 0. The van der Waals surface area contributed by atoms with E-state index in [0.717, 1.165) is 0 Å². The number of hydrogen-bond acceptors (Lipinski definition) is 2. The number of carboxylic acid groups (broad SMARTS) is 1. The van der Waals surface area contributed by atoms with Crippen molar-refractivity contribution in [1.82, 2.24) is 0 Å². The summed E-state index contributed by atoms with van der Waals surface area (Å²) in [5, 5.41) is 13.0. The number of halogens is 2. The highest BCUT2D eigenvalue weighted by atomic mass is 35.5. The van der Waals surface area contributed by atoms with Gasteiger partial charge in [-0.3, -0.25) is 4.79 Å². The number of carbonyl (C=O) groups excluding carboxylic acids is 1. The van der Waals surface area contributed by atoms with Crippen LogP contribution in [-0.4, -0.2) is 17.0 Å².